The molecule has 1 heteroatoms. The number of rotatable bonds is 1. The summed E-state index contributed by atoms with van der Waals surface area (Å²) >= 11 is 0. The van der Waals surface area contributed by atoms with E-state index in [0.717, 1.165) is 11.1 Å². The summed E-state index contributed by atoms with van der Waals surface area (Å²) in [6.45, 7) is 14.7. The first-order valence-corrected chi connectivity index (χ1v) is 6.30. The summed E-state index contributed by atoms with van der Waals surface area (Å²) in [4.78, 5) is 0. The van der Waals surface area contributed by atoms with Gasteiger partial charge in [-0.1, -0.05) is 65.8 Å². The lowest BCUT2D eigenvalue weighted by Crippen LogP contribution is -2.50. The van der Waals surface area contributed by atoms with Gasteiger partial charge < -0.3 is 5.11 Å². The molecule has 0 spiro atoms. The molecule has 1 aromatic rings. The molecule has 17 heavy (non-hydrogen) atoms. The van der Waals surface area contributed by atoms with Crippen LogP contribution in [0.25, 0.3) is 0 Å². The number of aliphatic hydroxyl groups is 1. The molecular formula is C16H26O. The molecule has 1 aromatic carbocycles. The van der Waals surface area contributed by atoms with Crippen molar-refractivity contribution in [3.63, 3.8) is 0 Å². The van der Waals surface area contributed by atoms with E-state index in [-0.39, 0.29) is 10.8 Å². The molecule has 0 aliphatic carbocycles. The van der Waals surface area contributed by atoms with Crippen LogP contribution in [0.2, 0.25) is 0 Å². The Morgan fingerprint density at radius 3 is 1.59 bits per heavy atom. The van der Waals surface area contributed by atoms with Crippen LogP contribution in [0.15, 0.2) is 24.3 Å². The third-order valence-electron chi connectivity index (χ3n) is 3.71. The van der Waals surface area contributed by atoms with E-state index in [1.54, 1.807) is 0 Å². The molecular weight excluding hydrogens is 208 g/mol. The van der Waals surface area contributed by atoms with Crippen molar-refractivity contribution in [2.24, 2.45) is 10.8 Å². The molecule has 0 atom stereocenters. The summed E-state index contributed by atoms with van der Waals surface area (Å²) in [5.74, 6) is 0. The Hall–Kier alpha value is -0.820. The van der Waals surface area contributed by atoms with Gasteiger partial charge >= 0.3 is 0 Å². The van der Waals surface area contributed by atoms with E-state index < -0.39 is 5.60 Å². The molecule has 0 radical (unpaired) electrons. The summed E-state index contributed by atoms with van der Waals surface area (Å²) < 4.78 is 0. The van der Waals surface area contributed by atoms with E-state index in [4.69, 9.17) is 0 Å². The summed E-state index contributed by atoms with van der Waals surface area (Å²) in [7, 11) is 0. The van der Waals surface area contributed by atoms with Crippen LogP contribution < -0.4 is 0 Å². The molecule has 0 fully saturated rings. The van der Waals surface area contributed by atoms with E-state index in [1.165, 1.54) is 0 Å². The number of hydrogen-bond acceptors (Lipinski definition) is 1. The monoisotopic (exact) mass is 234 g/mol. The smallest absolute Gasteiger partial charge is 0.0994 e. The third kappa shape index (κ3) is 2.26. The minimum absolute atomic E-state index is 0.211. The Kier molecular flexibility index (Phi) is 3.46. The summed E-state index contributed by atoms with van der Waals surface area (Å²) in [6.07, 6.45) is 0. The third-order valence-corrected chi connectivity index (χ3v) is 3.71. The maximum atomic E-state index is 11.3. The second-order valence-electron chi connectivity index (χ2n) is 7.03. The standard InChI is InChI=1S/C16H26O/c1-12-10-8-9-11-13(12)16(17,14(2,3)4)15(5,6)7/h8-11,17H,1-7H3. The predicted octanol–water partition coefficient (Wildman–Crippen LogP) is 4.27. The number of aryl methyl sites for hydroxylation is 1. The van der Waals surface area contributed by atoms with Gasteiger partial charge in [-0.25, -0.2) is 0 Å². The van der Waals surface area contributed by atoms with E-state index in [0.29, 0.717) is 0 Å². The lowest BCUT2D eigenvalue weighted by Gasteiger charge is -2.50. The van der Waals surface area contributed by atoms with Gasteiger partial charge in [-0.3, -0.25) is 0 Å². The van der Waals surface area contributed by atoms with Crippen LogP contribution in [0.5, 0.6) is 0 Å². The van der Waals surface area contributed by atoms with Crippen molar-refractivity contribution in [3.05, 3.63) is 35.4 Å². The second kappa shape index (κ2) is 4.13. The summed E-state index contributed by atoms with van der Waals surface area (Å²) in [5, 5.41) is 11.3. The van der Waals surface area contributed by atoms with Crippen molar-refractivity contribution in [3.8, 4) is 0 Å². The largest absolute Gasteiger partial charge is 0.384 e. The molecule has 0 amide bonds. The Morgan fingerprint density at radius 2 is 1.24 bits per heavy atom. The van der Waals surface area contributed by atoms with Crippen molar-refractivity contribution >= 4 is 0 Å². The average Bonchev–Trinajstić information content (AvgIpc) is 2.13. The van der Waals surface area contributed by atoms with Crippen LogP contribution in [0.1, 0.15) is 52.7 Å². The van der Waals surface area contributed by atoms with Gasteiger partial charge in [0.2, 0.25) is 0 Å². The molecule has 1 N–H and O–H groups in total. The van der Waals surface area contributed by atoms with E-state index in [1.807, 2.05) is 18.2 Å². The Labute approximate surface area is 106 Å². The molecule has 0 aliphatic rings. The van der Waals surface area contributed by atoms with Gasteiger partial charge in [-0.2, -0.15) is 0 Å². The van der Waals surface area contributed by atoms with E-state index >= 15 is 0 Å². The van der Waals surface area contributed by atoms with Crippen molar-refractivity contribution < 1.29 is 5.11 Å². The van der Waals surface area contributed by atoms with E-state index in [2.05, 4.69) is 54.5 Å². The second-order valence-corrected chi connectivity index (χ2v) is 7.03. The number of hydrogen-bond donors (Lipinski definition) is 1. The highest BCUT2D eigenvalue weighted by molar-refractivity contribution is 5.34. The molecule has 0 aromatic heterocycles. The fraction of sp³-hybridized carbons (Fsp3) is 0.625. The van der Waals surface area contributed by atoms with Gasteiger partial charge in [0, 0.05) is 0 Å². The molecule has 0 saturated heterocycles. The van der Waals surface area contributed by atoms with Gasteiger partial charge in [0.1, 0.15) is 0 Å². The van der Waals surface area contributed by atoms with Crippen molar-refractivity contribution in [1.82, 2.24) is 0 Å². The van der Waals surface area contributed by atoms with Gasteiger partial charge in [0.15, 0.2) is 0 Å². The van der Waals surface area contributed by atoms with Gasteiger partial charge in [-0.15, -0.1) is 0 Å². The normalized spacial score (nSPS) is 13.9. The lowest BCUT2D eigenvalue weighted by atomic mass is 9.59. The molecule has 96 valence electrons. The first kappa shape index (κ1) is 14.2. The minimum atomic E-state index is -0.842. The van der Waals surface area contributed by atoms with Crippen molar-refractivity contribution in [1.29, 1.82) is 0 Å². The molecule has 0 saturated carbocycles. The first-order valence-electron chi connectivity index (χ1n) is 6.30. The quantitative estimate of drug-likeness (QED) is 0.769. The van der Waals surface area contributed by atoms with Gasteiger partial charge in [0.25, 0.3) is 0 Å². The molecule has 0 unspecified atom stereocenters. The SMILES string of the molecule is Cc1ccccc1C(O)(C(C)(C)C)C(C)(C)C. The predicted molar refractivity (Wildman–Crippen MR) is 74.0 cm³/mol. The van der Waals surface area contributed by atoms with Crippen LogP contribution in [-0.4, -0.2) is 5.11 Å². The summed E-state index contributed by atoms with van der Waals surface area (Å²) in [5.41, 5.74) is 0.930. The van der Waals surface area contributed by atoms with Crippen LogP contribution in [0.3, 0.4) is 0 Å². The highest BCUT2D eigenvalue weighted by Crippen LogP contribution is 2.51. The topological polar surface area (TPSA) is 20.2 Å². The molecule has 0 aliphatic heterocycles. The Bertz CT molecular complexity index is 377. The van der Waals surface area contributed by atoms with Crippen molar-refractivity contribution in [2.45, 2.75) is 54.1 Å². The molecule has 0 bridgehead atoms. The highest BCUT2D eigenvalue weighted by Gasteiger charge is 2.50. The zero-order valence-corrected chi connectivity index (χ0v) is 12.3. The fourth-order valence-electron chi connectivity index (χ4n) is 2.91. The van der Waals surface area contributed by atoms with Gasteiger partial charge in [-0.05, 0) is 28.9 Å². The number of benzene rings is 1. The van der Waals surface area contributed by atoms with E-state index in [9.17, 15) is 5.11 Å². The minimum Gasteiger partial charge on any atom is -0.384 e. The van der Waals surface area contributed by atoms with Crippen LogP contribution in [-0.2, 0) is 5.60 Å². The zero-order valence-electron chi connectivity index (χ0n) is 12.3. The zero-order chi connectivity index (χ0) is 13.5. The average molecular weight is 234 g/mol. The molecule has 0 heterocycles. The van der Waals surface area contributed by atoms with Crippen LogP contribution >= 0.6 is 0 Å². The molecule has 1 rings (SSSR count). The molecule has 1 nitrogen and oxygen atoms in total. The lowest BCUT2D eigenvalue weighted by molar-refractivity contribution is -0.145. The van der Waals surface area contributed by atoms with Crippen LogP contribution in [0, 0.1) is 17.8 Å². The van der Waals surface area contributed by atoms with Crippen molar-refractivity contribution in [2.75, 3.05) is 0 Å². The Morgan fingerprint density at radius 1 is 0.824 bits per heavy atom. The van der Waals surface area contributed by atoms with Crippen LogP contribution in [0.4, 0.5) is 0 Å². The maximum Gasteiger partial charge on any atom is 0.0994 e. The van der Waals surface area contributed by atoms with Gasteiger partial charge in [0.05, 0.1) is 5.60 Å². The summed E-state index contributed by atoms with van der Waals surface area (Å²) in [6, 6.07) is 8.14. The maximum absolute atomic E-state index is 11.3. The Balaban J connectivity index is 3.53. The fourth-order valence-corrected chi connectivity index (χ4v) is 2.91. The first-order chi connectivity index (χ1) is 7.52. The highest BCUT2D eigenvalue weighted by atomic mass is 16.3.